The Morgan fingerprint density at radius 3 is 2.73 bits per heavy atom. The SMILES string of the molecule is COc1cc(N2CCOCC2)ccc1C=Nn1c(-c2cc3cc(Cl)ccc3o2)nc2ccccc2c1=O. The van der Waals surface area contributed by atoms with Crippen LogP contribution in [-0.4, -0.2) is 49.3 Å². The molecule has 1 aliphatic heterocycles. The van der Waals surface area contributed by atoms with Crippen LogP contribution < -0.4 is 15.2 Å². The van der Waals surface area contributed by atoms with Gasteiger partial charge in [-0.25, -0.2) is 4.98 Å². The number of morpholine rings is 1. The third kappa shape index (κ3) is 4.45. The number of hydrogen-bond donors (Lipinski definition) is 0. The number of anilines is 1. The van der Waals surface area contributed by atoms with E-state index < -0.39 is 0 Å². The number of nitrogens with zero attached hydrogens (tertiary/aromatic N) is 4. The van der Waals surface area contributed by atoms with Crippen molar-refractivity contribution in [1.82, 2.24) is 9.66 Å². The molecule has 0 aliphatic carbocycles. The molecule has 1 saturated heterocycles. The van der Waals surface area contributed by atoms with Crippen LogP contribution in [0.3, 0.4) is 0 Å². The van der Waals surface area contributed by atoms with E-state index in [1.54, 1.807) is 49.7 Å². The van der Waals surface area contributed by atoms with Crippen LogP contribution in [0.4, 0.5) is 5.69 Å². The standard InChI is InChI=1S/C28H23ClN4O4/c1-35-25-16-21(32-10-12-36-13-11-32)8-6-18(25)17-30-33-27(31-23-5-3-2-4-22(23)28(33)34)26-15-19-14-20(29)7-9-24(19)37-26/h2-9,14-17H,10-13H2,1H3. The zero-order valence-corrected chi connectivity index (χ0v) is 20.8. The molecule has 3 heterocycles. The van der Waals surface area contributed by atoms with E-state index in [-0.39, 0.29) is 11.4 Å². The molecule has 0 spiro atoms. The zero-order valence-electron chi connectivity index (χ0n) is 20.1. The molecule has 1 aliphatic rings. The van der Waals surface area contributed by atoms with Gasteiger partial charge in [0.25, 0.3) is 5.56 Å². The van der Waals surface area contributed by atoms with Crippen LogP contribution in [-0.2, 0) is 4.74 Å². The van der Waals surface area contributed by atoms with Crippen molar-refractivity contribution in [2.24, 2.45) is 5.10 Å². The van der Waals surface area contributed by atoms with Crippen LogP contribution in [0.25, 0.3) is 33.5 Å². The highest BCUT2D eigenvalue weighted by molar-refractivity contribution is 6.31. The lowest BCUT2D eigenvalue weighted by Gasteiger charge is -2.29. The Morgan fingerprint density at radius 2 is 1.89 bits per heavy atom. The van der Waals surface area contributed by atoms with Gasteiger partial charge in [-0.1, -0.05) is 23.7 Å². The van der Waals surface area contributed by atoms with Gasteiger partial charge in [-0.15, -0.1) is 0 Å². The number of fused-ring (bicyclic) bond motifs is 2. The van der Waals surface area contributed by atoms with Crippen molar-refractivity contribution < 1.29 is 13.9 Å². The summed E-state index contributed by atoms with van der Waals surface area (Å²) in [6.07, 6.45) is 1.60. The predicted octanol–water partition coefficient (Wildman–Crippen LogP) is 5.19. The summed E-state index contributed by atoms with van der Waals surface area (Å²) in [5.74, 6) is 1.34. The molecule has 8 nitrogen and oxygen atoms in total. The molecule has 1 fully saturated rings. The van der Waals surface area contributed by atoms with Crippen molar-refractivity contribution in [3.05, 3.63) is 87.7 Å². The van der Waals surface area contributed by atoms with Gasteiger partial charge in [-0.3, -0.25) is 4.79 Å². The third-order valence-electron chi connectivity index (χ3n) is 6.36. The number of aromatic nitrogens is 2. The van der Waals surface area contributed by atoms with Crippen molar-refractivity contribution in [1.29, 1.82) is 0 Å². The average Bonchev–Trinajstić information content (AvgIpc) is 3.36. The molecule has 9 heteroatoms. The second-order valence-corrected chi connectivity index (χ2v) is 9.07. The largest absolute Gasteiger partial charge is 0.496 e. The molecule has 37 heavy (non-hydrogen) atoms. The van der Waals surface area contributed by atoms with E-state index in [2.05, 4.69) is 10.0 Å². The lowest BCUT2D eigenvalue weighted by Crippen LogP contribution is -2.36. The van der Waals surface area contributed by atoms with Gasteiger partial charge >= 0.3 is 0 Å². The number of methoxy groups -OCH3 is 1. The Balaban J connectivity index is 1.46. The maximum atomic E-state index is 13.5. The van der Waals surface area contributed by atoms with E-state index in [0.29, 0.717) is 46.2 Å². The highest BCUT2D eigenvalue weighted by Crippen LogP contribution is 2.30. The van der Waals surface area contributed by atoms with Crippen LogP contribution in [0.5, 0.6) is 5.75 Å². The van der Waals surface area contributed by atoms with Gasteiger partial charge in [0.15, 0.2) is 5.76 Å². The Hall–Kier alpha value is -4.14. The van der Waals surface area contributed by atoms with Crippen LogP contribution in [0.1, 0.15) is 5.56 Å². The lowest BCUT2D eigenvalue weighted by molar-refractivity contribution is 0.122. The Morgan fingerprint density at radius 1 is 1.05 bits per heavy atom. The molecule has 0 atom stereocenters. The maximum absolute atomic E-state index is 13.5. The normalized spacial score (nSPS) is 14.2. The number of furan rings is 1. The fourth-order valence-corrected chi connectivity index (χ4v) is 4.64. The average molecular weight is 515 g/mol. The second-order valence-electron chi connectivity index (χ2n) is 8.63. The fraction of sp³-hybridized carbons (Fsp3) is 0.179. The number of benzene rings is 3. The molecule has 0 amide bonds. The summed E-state index contributed by atoms with van der Waals surface area (Å²) in [6, 6.07) is 20.2. The Kier molecular flexibility index (Phi) is 6.12. The molecule has 0 N–H and O–H groups in total. The topological polar surface area (TPSA) is 82.1 Å². The maximum Gasteiger partial charge on any atom is 0.282 e. The minimum Gasteiger partial charge on any atom is -0.496 e. The minimum atomic E-state index is -0.306. The highest BCUT2D eigenvalue weighted by atomic mass is 35.5. The molecular weight excluding hydrogens is 492 g/mol. The van der Waals surface area contributed by atoms with E-state index in [1.807, 2.05) is 30.3 Å². The molecule has 6 rings (SSSR count). The molecule has 186 valence electrons. The number of halogens is 1. The van der Waals surface area contributed by atoms with Gasteiger partial charge in [0.1, 0.15) is 11.3 Å². The molecule has 0 bridgehead atoms. The number of para-hydroxylation sites is 1. The first kappa shape index (κ1) is 23.3. The van der Waals surface area contributed by atoms with Gasteiger partial charge in [-0.05, 0) is 48.5 Å². The molecule has 2 aromatic heterocycles. The third-order valence-corrected chi connectivity index (χ3v) is 6.59. The summed E-state index contributed by atoms with van der Waals surface area (Å²) in [4.78, 5) is 20.5. The number of rotatable bonds is 5. The van der Waals surface area contributed by atoms with Crippen LogP contribution >= 0.6 is 11.6 Å². The molecule has 5 aromatic rings. The van der Waals surface area contributed by atoms with Crippen LogP contribution in [0.2, 0.25) is 5.02 Å². The first-order valence-corrected chi connectivity index (χ1v) is 12.2. The summed E-state index contributed by atoms with van der Waals surface area (Å²) < 4.78 is 18.4. The van der Waals surface area contributed by atoms with E-state index in [4.69, 9.17) is 30.5 Å². The Bertz CT molecular complexity index is 1700. The van der Waals surface area contributed by atoms with Crippen LogP contribution in [0, 0.1) is 0 Å². The number of ether oxygens (including phenoxy) is 2. The molecule has 0 radical (unpaired) electrons. The van der Waals surface area contributed by atoms with Crippen molar-refractivity contribution in [2.75, 3.05) is 38.3 Å². The second kappa shape index (κ2) is 9.72. The quantitative estimate of drug-likeness (QED) is 0.300. The van der Waals surface area contributed by atoms with E-state index >= 15 is 0 Å². The fourth-order valence-electron chi connectivity index (χ4n) is 4.46. The van der Waals surface area contributed by atoms with Gasteiger partial charge in [-0.2, -0.15) is 9.78 Å². The molecule has 0 saturated carbocycles. The highest BCUT2D eigenvalue weighted by Gasteiger charge is 2.17. The van der Waals surface area contributed by atoms with Gasteiger partial charge in [0, 0.05) is 40.8 Å². The summed E-state index contributed by atoms with van der Waals surface area (Å²) >= 11 is 6.16. The van der Waals surface area contributed by atoms with Crippen molar-refractivity contribution >= 4 is 45.4 Å². The van der Waals surface area contributed by atoms with Crippen LogP contribution in [0.15, 0.2) is 81.0 Å². The Labute approximate surface area is 217 Å². The smallest absolute Gasteiger partial charge is 0.282 e. The van der Waals surface area contributed by atoms with Gasteiger partial charge < -0.3 is 18.8 Å². The first-order valence-electron chi connectivity index (χ1n) is 11.9. The van der Waals surface area contributed by atoms with Crippen molar-refractivity contribution in [3.8, 4) is 17.3 Å². The zero-order chi connectivity index (χ0) is 25.4. The van der Waals surface area contributed by atoms with Crippen molar-refractivity contribution in [2.45, 2.75) is 0 Å². The number of hydrogen-bond acceptors (Lipinski definition) is 7. The molecular formula is C28H23ClN4O4. The lowest BCUT2D eigenvalue weighted by atomic mass is 10.1. The summed E-state index contributed by atoms with van der Waals surface area (Å²) in [5.41, 5.74) is 2.65. The van der Waals surface area contributed by atoms with E-state index in [9.17, 15) is 4.79 Å². The van der Waals surface area contributed by atoms with E-state index in [1.165, 1.54) is 4.68 Å². The first-order chi connectivity index (χ1) is 18.1. The summed E-state index contributed by atoms with van der Waals surface area (Å²) in [7, 11) is 1.62. The monoisotopic (exact) mass is 514 g/mol. The summed E-state index contributed by atoms with van der Waals surface area (Å²) in [6.45, 7) is 3.03. The summed E-state index contributed by atoms with van der Waals surface area (Å²) in [5, 5.41) is 6.41. The van der Waals surface area contributed by atoms with Gasteiger partial charge in [0.05, 0.1) is 37.4 Å². The van der Waals surface area contributed by atoms with Gasteiger partial charge in [0.2, 0.25) is 5.82 Å². The molecule has 0 unspecified atom stereocenters. The molecule has 3 aromatic carbocycles. The van der Waals surface area contributed by atoms with Crippen molar-refractivity contribution in [3.63, 3.8) is 0 Å². The minimum absolute atomic E-state index is 0.288. The predicted molar refractivity (Wildman–Crippen MR) is 145 cm³/mol. The van der Waals surface area contributed by atoms with E-state index in [0.717, 1.165) is 29.7 Å².